The van der Waals surface area contributed by atoms with Crippen molar-refractivity contribution in [1.82, 2.24) is 15.2 Å². The molecule has 0 aliphatic rings. The van der Waals surface area contributed by atoms with E-state index in [9.17, 15) is 15.2 Å². The van der Waals surface area contributed by atoms with E-state index >= 15 is 0 Å². The van der Waals surface area contributed by atoms with Gasteiger partial charge in [0.1, 0.15) is 11.6 Å². The third-order valence-corrected chi connectivity index (χ3v) is 4.08. The predicted octanol–water partition coefficient (Wildman–Crippen LogP) is 2.54. The molecule has 4 N–H and O–H groups in total. The number of H-pyrrole nitrogens is 1. The summed E-state index contributed by atoms with van der Waals surface area (Å²) < 4.78 is 10.8. The highest BCUT2D eigenvalue weighted by Gasteiger charge is 2.20. The van der Waals surface area contributed by atoms with Crippen molar-refractivity contribution in [3.05, 3.63) is 57.9 Å². The lowest BCUT2D eigenvalue weighted by atomic mass is 10.1. The highest BCUT2D eigenvalue weighted by molar-refractivity contribution is 5.67. The Morgan fingerprint density at radius 2 is 2.07 bits per heavy atom. The second-order valence-corrected chi connectivity index (χ2v) is 5.82. The third-order valence-electron chi connectivity index (χ3n) is 4.08. The average molecular weight is 385 g/mol. The molecule has 3 rings (SSSR count). The Hall–Kier alpha value is -3.66. The van der Waals surface area contributed by atoms with Crippen LogP contribution in [-0.2, 0) is 0 Å². The number of aromatic amines is 1. The number of phenolic OH excluding ortho intramolecular Hbond substituents is 1. The molecule has 146 valence electrons. The molecule has 0 aliphatic carbocycles. The van der Waals surface area contributed by atoms with Crippen molar-refractivity contribution in [3.63, 3.8) is 0 Å². The number of hydrogen-bond acceptors (Lipinski definition) is 8. The van der Waals surface area contributed by atoms with Gasteiger partial charge in [0, 0.05) is 12.1 Å². The molecule has 0 fully saturated rings. The van der Waals surface area contributed by atoms with Crippen LogP contribution >= 0.6 is 0 Å². The smallest absolute Gasteiger partial charge is 0.270 e. The Labute approximate surface area is 160 Å². The highest BCUT2D eigenvalue weighted by Crippen LogP contribution is 2.33. The van der Waals surface area contributed by atoms with Gasteiger partial charge in [-0.2, -0.15) is 5.10 Å². The van der Waals surface area contributed by atoms with E-state index in [2.05, 4.69) is 15.2 Å². The lowest BCUT2D eigenvalue weighted by molar-refractivity contribution is -0.384. The molecule has 0 amide bonds. The van der Waals surface area contributed by atoms with E-state index in [1.165, 1.54) is 25.3 Å². The first-order valence-corrected chi connectivity index (χ1v) is 8.41. The van der Waals surface area contributed by atoms with Crippen LogP contribution in [0.4, 0.5) is 5.69 Å². The van der Waals surface area contributed by atoms with Crippen LogP contribution in [0.2, 0.25) is 0 Å². The molecule has 0 bridgehead atoms. The van der Waals surface area contributed by atoms with Gasteiger partial charge in [-0.15, -0.1) is 0 Å². The van der Waals surface area contributed by atoms with E-state index in [0.29, 0.717) is 29.5 Å². The quantitative estimate of drug-likeness (QED) is 0.415. The Balaban J connectivity index is 1.92. The number of methoxy groups -OCH3 is 1. The molecule has 0 radical (unpaired) electrons. The first-order valence-electron chi connectivity index (χ1n) is 8.41. The molecule has 1 unspecified atom stereocenters. The molecule has 1 aromatic heterocycles. The van der Waals surface area contributed by atoms with Crippen LogP contribution < -0.4 is 15.2 Å². The van der Waals surface area contributed by atoms with E-state index in [1.807, 2.05) is 6.92 Å². The monoisotopic (exact) mass is 385 g/mol. The fraction of sp³-hybridized carbons (Fsp3) is 0.222. The first-order chi connectivity index (χ1) is 13.4. The molecule has 1 heterocycles. The van der Waals surface area contributed by atoms with Gasteiger partial charge in [-0.25, -0.2) is 4.98 Å². The topological polar surface area (TPSA) is 149 Å². The van der Waals surface area contributed by atoms with Crippen molar-refractivity contribution in [2.75, 3.05) is 13.7 Å². The Morgan fingerprint density at radius 1 is 1.29 bits per heavy atom. The maximum absolute atomic E-state index is 11.0. The van der Waals surface area contributed by atoms with Gasteiger partial charge in [-0.05, 0) is 30.7 Å². The predicted molar refractivity (Wildman–Crippen MR) is 100 cm³/mol. The normalized spacial score (nSPS) is 11.8. The van der Waals surface area contributed by atoms with Crippen LogP contribution in [0.5, 0.6) is 17.2 Å². The van der Waals surface area contributed by atoms with E-state index < -0.39 is 11.0 Å². The third kappa shape index (κ3) is 3.71. The molecule has 28 heavy (non-hydrogen) atoms. The zero-order valence-electron chi connectivity index (χ0n) is 15.2. The minimum absolute atomic E-state index is 0.101. The van der Waals surface area contributed by atoms with Gasteiger partial charge < -0.3 is 20.3 Å². The van der Waals surface area contributed by atoms with Gasteiger partial charge >= 0.3 is 0 Å². The van der Waals surface area contributed by atoms with Gasteiger partial charge in [-0.3, -0.25) is 15.2 Å². The summed E-state index contributed by atoms with van der Waals surface area (Å²) in [6.45, 7) is 2.37. The van der Waals surface area contributed by atoms with Crippen LogP contribution in [0.3, 0.4) is 0 Å². The Kier molecular flexibility index (Phi) is 5.41. The van der Waals surface area contributed by atoms with Gasteiger partial charge in [0.05, 0.1) is 30.2 Å². The summed E-state index contributed by atoms with van der Waals surface area (Å²) in [5.74, 6) is 1.38. The number of hydrogen-bond donors (Lipinski definition) is 3. The number of benzene rings is 2. The van der Waals surface area contributed by atoms with Crippen molar-refractivity contribution in [2.24, 2.45) is 5.73 Å². The van der Waals surface area contributed by atoms with E-state index in [-0.39, 0.29) is 22.8 Å². The standard InChI is InChI=1S/C18H19N5O5/c1-3-28-14-7-4-10(8-15(14)27-2)16(19)18-20-17(21-22-18)12-9-11(23(25)26)5-6-13(12)24/h4-9,16,24H,3,19H2,1-2H3,(H,20,21,22). The number of nitrogens with one attached hydrogen (secondary N) is 1. The fourth-order valence-electron chi connectivity index (χ4n) is 2.66. The van der Waals surface area contributed by atoms with Crippen LogP contribution in [-0.4, -0.2) is 38.9 Å². The summed E-state index contributed by atoms with van der Waals surface area (Å²) in [5, 5.41) is 27.7. The zero-order chi connectivity index (χ0) is 20.3. The van der Waals surface area contributed by atoms with Crippen molar-refractivity contribution in [1.29, 1.82) is 0 Å². The molecule has 0 saturated carbocycles. The van der Waals surface area contributed by atoms with Crippen LogP contribution in [0.1, 0.15) is 24.4 Å². The van der Waals surface area contributed by atoms with Crippen molar-refractivity contribution in [3.8, 4) is 28.6 Å². The zero-order valence-corrected chi connectivity index (χ0v) is 15.2. The number of aromatic hydroxyl groups is 1. The summed E-state index contributed by atoms with van der Waals surface area (Å²) in [7, 11) is 1.53. The summed E-state index contributed by atoms with van der Waals surface area (Å²) in [6.07, 6.45) is 0. The summed E-state index contributed by atoms with van der Waals surface area (Å²) in [5.41, 5.74) is 6.92. The maximum Gasteiger partial charge on any atom is 0.270 e. The summed E-state index contributed by atoms with van der Waals surface area (Å²) >= 11 is 0. The number of ether oxygens (including phenoxy) is 2. The maximum atomic E-state index is 11.0. The number of rotatable bonds is 7. The van der Waals surface area contributed by atoms with Crippen LogP contribution in [0, 0.1) is 10.1 Å². The number of aromatic nitrogens is 3. The molecule has 10 nitrogen and oxygen atoms in total. The van der Waals surface area contributed by atoms with Gasteiger partial charge in [0.25, 0.3) is 5.69 Å². The SMILES string of the molecule is CCOc1ccc(C(N)c2nc(-c3cc([N+](=O)[O-])ccc3O)n[nH]2)cc1OC. The average Bonchev–Trinajstić information content (AvgIpc) is 3.18. The summed E-state index contributed by atoms with van der Waals surface area (Å²) in [4.78, 5) is 14.7. The fourth-order valence-corrected chi connectivity index (χ4v) is 2.66. The second kappa shape index (κ2) is 7.92. The van der Waals surface area contributed by atoms with E-state index in [0.717, 1.165) is 0 Å². The molecule has 0 aliphatic heterocycles. The Bertz CT molecular complexity index is 1000. The van der Waals surface area contributed by atoms with Gasteiger partial charge in [0.15, 0.2) is 17.3 Å². The molecule has 10 heteroatoms. The number of nitrogens with two attached hydrogens (primary N) is 1. The molecule has 0 saturated heterocycles. The molecular weight excluding hydrogens is 366 g/mol. The molecular formula is C18H19N5O5. The van der Waals surface area contributed by atoms with Gasteiger partial charge in [0.2, 0.25) is 0 Å². The second-order valence-electron chi connectivity index (χ2n) is 5.82. The number of nitro groups is 1. The minimum Gasteiger partial charge on any atom is -0.507 e. The number of nitrogens with zero attached hydrogens (tertiary/aromatic N) is 3. The lowest BCUT2D eigenvalue weighted by Gasteiger charge is -2.13. The molecule has 2 aromatic carbocycles. The highest BCUT2D eigenvalue weighted by atomic mass is 16.6. The van der Waals surface area contributed by atoms with Crippen molar-refractivity contribution in [2.45, 2.75) is 13.0 Å². The minimum atomic E-state index is -0.660. The first kappa shape index (κ1) is 19.1. The van der Waals surface area contributed by atoms with Crippen LogP contribution in [0.15, 0.2) is 36.4 Å². The number of non-ortho nitro benzene ring substituents is 1. The number of phenols is 1. The van der Waals surface area contributed by atoms with Crippen LogP contribution in [0.25, 0.3) is 11.4 Å². The largest absolute Gasteiger partial charge is 0.507 e. The van der Waals surface area contributed by atoms with Crippen molar-refractivity contribution < 1.29 is 19.5 Å². The lowest BCUT2D eigenvalue weighted by Crippen LogP contribution is -2.14. The molecule has 0 spiro atoms. The molecule has 3 aromatic rings. The van der Waals surface area contributed by atoms with E-state index in [1.54, 1.807) is 18.2 Å². The number of nitro benzene ring substituents is 1. The van der Waals surface area contributed by atoms with Crippen molar-refractivity contribution >= 4 is 5.69 Å². The molecule has 1 atom stereocenters. The summed E-state index contributed by atoms with van der Waals surface area (Å²) in [6, 6.07) is 8.24. The Morgan fingerprint density at radius 3 is 2.75 bits per heavy atom. The van der Waals surface area contributed by atoms with E-state index in [4.69, 9.17) is 15.2 Å². The van der Waals surface area contributed by atoms with Gasteiger partial charge in [-0.1, -0.05) is 6.07 Å².